The van der Waals surface area contributed by atoms with Crippen molar-refractivity contribution in [1.29, 1.82) is 0 Å². The maximum atomic E-state index is 8.88. The van der Waals surface area contributed by atoms with Gasteiger partial charge in [0, 0.05) is 22.9 Å². The fourth-order valence-electron chi connectivity index (χ4n) is 1.25. The fraction of sp³-hybridized carbons (Fsp3) is 0.167. The highest BCUT2D eigenvalue weighted by atomic mass is 32.2. The third-order valence-corrected chi connectivity index (χ3v) is 3.23. The highest BCUT2D eigenvalue weighted by Crippen LogP contribution is 2.26. The molecular formula is C12H12N2OS. The van der Waals surface area contributed by atoms with E-state index in [4.69, 9.17) is 5.11 Å². The van der Waals surface area contributed by atoms with Gasteiger partial charge in [0.2, 0.25) is 0 Å². The zero-order valence-electron chi connectivity index (χ0n) is 8.92. The summed E-state index contributed by atoms with van der Waals surface area (Å²) in [5, 5.41) is 9.58. The van der Waals surface area contributed by atoms with E-state index in [1.807, 2.05) is 18.2 Å². The lowest BCUT2D eigenvalue weighted by molar-refractivity contribution is 0.280. The van der Waals surface area contributed by atoms with Crippen LogP contribution in [0.1, 0.15) is 11.1 Å². The SMILES string of the molecule is Cc1ccccc1Sc1ncc(CO)cn1. The van der Waals surface area contributed by atoms with Gasteiger partial charge in [0.25, 0.3) is 0 Å². The van der Waals surface area contributed by atoms with Crippen molar-refractivity contribution in [2.24, 2.45) is 0 Å². The number of aromatic nitrogens is 2. The van der Waals surface area contributed by atoms with Crippen LogP contribution in [0.4, 0.5) is 0 Å². The Hall–Kier alpha value is -1.39. The first-order valence-electron chi connectivity index (χ1n) is 4.95. The molecule has 0 aliphatic carbocycles. The molecule has 2 rings (SSSR count). The van der Waals surface area contributed by atoms with E-state index in [0.717, 1.165) is 10.5 Å². The zero-order valence-corrected chi connectivity index (χ0v) is 9.74. The molecule has 0 unspecified atom stereocenters. The Bertz CT molecular complexity index is 471. The number of aliphatic hydroxyl groups excluding tert-OH is 1. The molecule has 0 radical (unpaired) electrons. The molecule has 1 heterocycles. The van der Waals surface area contributed by atoms with Crippen LogP contribution in [0.3, 0.4) is 0 Å². The highest BCUT2D eigenvalue weighted by Gasteiger charge is 2.02. The van der Waals surface area contributed by atoms with Crippen molar-refractivity contribution in [1.82, 2.24) is 9.97 Å². The Morgan fingerprint density at radius 1 is 1.19 bits per heavy atom. The van der Waals surface area contributed by atoms with Crippen LogP contribution in [0.25, 0.3) is 0 Å². The van der Waals surface area contributed by atoms with Crippen LogP contribution in [0.15, 0.2) is 46.7 Å². The van der Waals surface area contributed by atoms with Gasteiger partial charge in [-0.1, -0.05) is 18.2 Å². The number of nitrogens with zero attached hydrogens (tertiary/aromatic N) is 2. The quantitative estimate of drug-likeness (QED) is 0.826. The van der Waals surface area contributed by atoms with E-state index >= 15 is 0 Å². The Balaban J connectivity index is 2.18. The summed E-state index contributed by atoms with van der Waals surface area (Å²) in [4.78, 5) is 9.51. The number of aliphatic hydroxyl groups is 1. The minimum absolute atomic E-state index is 0.0185. The van der Waals surface area contributed by atoms with Gasteiger partial charge in [-0.25, -0.2) is 9.97 Å². The van der Waals surface area contributed by atoms with Crippen LogP contribution in [0.2, 0.25) is 0 Å². The first-order valence-corrected chi connectivity index (χ1v) is 5.76. The minimum Gasteiger partial charge on any atom is -0.392 e. The van der Waals surface area contributed by atoms with Gasteiger partial charge < -0.3 is 5.11 Å². The molecular weight excluding hydrogens is 220 g/mol. The van der Waals surface area contributed by atoms with Gasteiger partial charge in [-0.3, -0.25) is 0 Å². The van der Waals surface area contributed by atoms with E-state index < -0.39 is 0 Å². The van der Waals surface area contributed by atoms with Crippen LogP contribution in [-0.2, 0) is 6.61 Å². The third kappa shape index (κ3) is 2.59. The summed E-state index contributed by atoms with van der Waals surface area (Å²) in [6.45, 7) is 2.04. The standard InChI is InChI=1S/C12H12N2OS/c1-9-4-2-3-5-11(9)16-12-13-6-10(8-15)7-14-12/h2-7,15H,8H2,1H3. The molecule has 0 aliphatic heterocycles. The first kappa shape index (κ1) is 11.1. The molecule has 4 heteroatoms. The van der Waals surface area contributed by atoms with E-state index in [2.05, 4.69) is 23.0 Å². The Labute approximate surface area is 98.6 Å². The molecule has 2 aromatic rings. The van der Waals surface area contributed by atoms with Crippen molar-refractivity contribution in [2.75, 3.05) is 0 Å². The van der Waals surface area contributed by atoms with Crippen LogP contribution in [-0.4, -0.2) is 15.1 Å². The Morgan fingerprint density at radius 3 is 2.50 bits per heavy atom. The minimum atomic E-state index is -0.0185. The molecule has 0 spiro atoms. The van der Waals surface area contributed by atoms with Gasteiger partial charge in [-0.15, -0.1) is 0 Å². The van der Waals surface area contributed by atoms with Crippen molar-refractivity contribution >= 4 is 11.8 Å². The lowest BCUT2D eigenvalue weighted by Crippen LogP contribution is -1.91. The average Bonchev–Trinajstić information content (AvgIpc) is 2.33. The summed E-state index contributed by atoms with van der Waals surface area (Å²) in [7, 11) is 0. The lowest BCUT2D eigenvalue weighted by Gasteiger charge is -2.03. The summed E-state index contributed by atoms with van der Waals surface area (Å²) in [5.74, 6) is 0. The lowest BCUT2D eigenvalue weighted by atomic mass is 10.2. The predicted octanol–water partition coefficient (Wildman–Crippen LogP) is 2.43. The monoisotopic (exact) mass is 232 g/mol. The molecule has 3 nitrogen and oxygen atoms in total. The van der Waals surface area contributed by atoms with Crippen LogP contribution >= 0.6 is 11.8 Å². The number of aryl methyl sites for hydroxylation is 1. The number of hydrogen-bond acceptors (Lipinski definition) is 4. The van der Waals surface area contributed by atoms with Gasteiger partial charge in [0.05, 0.1) is 6.61 Å². The van der Waals surface area contributed by atoms with Crippen LogP contribution in [0, 0.1) is 6.92 Å². The van der Waals surface area contributed by atoms with Gasteiger partial charge in [-0.05, 0) is 30.3 Å². The molecule has 1 N–H and O–H groups in total. The van der Waals surface area contributed by atoms with Gasteiger partial charge in [0.1, 0.15) is 0 Å². The molecule has 16 heavy (non-hydrogen) atoms. The van der Waals surface area contributed by atoms with Crippen molar-refractivity contribution in [2.45, 2.75) is 23.6 Å². The third-order valence-electron chi connectivity index (χ3n) is 2.16. The second kappa shape index (κ2) is 5.09. The molecule has 0 saturated heterocycles. The average molecular weight is 232 g/mol. The smallest absolute Gasteiger partial charge is 0.192 e. The fourth-order valence-corrected chi connectivity index (χ4v) is 2.03. The molecule has 0 aliphatic rings. The van der Waals surface area contributed by atoms with E-state index in [0.29, 0.717) is 5.16 Å². The molecule has 1 aromatic heterocycles. The maximum Gasteiger partial charge on any atom is 0.192 e. The molecule has 0 atom stereocenters. The van der Waals surface area contributed by atoms with E-state index in [1.165, 1.54) is 17.3 Å². The van der Waals surface area contributed by atoms with Crippen molar-refractivity contribution in [3.05, 3.63) is 47.8 Å². The van der Waals surface area contributed by atoms with Crippen LogP contribution in [0.5, 0.6) is 0 Å². The largest absolute Gasteiger partial charge is 0.392 e. The molecule has 0 fully saturated rings. The van der Waals surface area contributed by atoms with Gasteiger partial charge in [-0.2, -0.15) is 0 Å². The second-order valence-corrected chi connectivity index (χ2v) is 4.41. The maximum absolute atomic E-state index is 8.88. The van der Waals surface area contributed by atoms with Crippen LogP contribution < -0.4 is 0 Å². The van der Waals surface area contributed by atoms with E-state index in [-0.39, 0.29) is 6.61 Å². The molecule has 0 saturated carbocycles. The number of rotatable bonds is 3. The number of hydrogen-bond donors (Lipinski definition) is 1. The summed E-state index contributed by atoms with van der Waals surface area (Å²) in [6.07, 6.45) is 3.29. The topological polar surface area (TPSA) is 46.0 Å². The summed E-state index contributed by atoms with van der Waals surface area (Å²) in [5.41, 5.74) is 1.94. The van der Waals surface area contributed by atoms with Crippen molar-refractivity contribution in [3.8, 4) is 0 Å². The Kier molecular flexibility index (Phi) is 3.54. The van der Waals surface area contributed by atoms with Crippen molar-refractivity contribution in [3.63, 3.8) is 0 Å². The molecule has 1 aromatic carbocycles. The second-order valence-electron chi connectivity index (χ2n) is 3.40. The van der Waals surface area contributed by atoms with E-state index in [9.17, 15) is 0 Å². The number of benzene rings is 1. The summed E-state index contributed by atoms with van der Waals surface area (Å²) < 4.78 is 0. The van der Waals surface area contributed by atoms with Gasteiger partial charge >= 0.3 is 0 Å². The van der Waals surface area contributed by atoms with E-state index in [1.54, 1.807) is 12.4 Å². The van der Waals surface area contributed by atoms with Crippen molar-refractivity contribution < 1.29 is 5.11 Å². The summed E-state index contributed by atoms with van der Waals surface area (Å²) >= 11 is 1.53. The zero-order chi connectivity index (χ0) is 11.4. The normalized spacial score (nSPS) is 10.4. The molecule has 82 valence electrons. The highest BCUT2D eigenvalue weighted by molar-refractivity contribution is 7.99. The van der Waals surface area contributed by atoms with Gasteiger partial charge in [0.15, 0.2) is 5.16 Å². The first-order chi connectivity index (χ1) is 7.79. The molecule has 0 amide bonds. The summed E-state index contributed by atoms with van der Waals surface area (Å²) in [6, 6.07) is 8.11. The molecule has 0 bridgehead atoms. The Morgan fingerprint density at radius 2 is 1.88 bits per heavy atom. The predicted molar refractivity (Wildman–Crippen MR) is 63.3 cm³/mol.